The highest BCUT2D eigenvalue weighted by molar-refractivity contribution is 7.89. The molecule has 1 N–H and O–H groups in total. The van der Waals surface area contributed by atoms with E-state index in [1.807, 2.05) is 32.0 Å². The fraction of sp³-hybridized carbons (Fsp3) is 0.409. The summed E-state index contributed by atoms with van der Waals surface area (Å²) in [5.41, 5.74) is 1.59. The van der Waals surface area contributed by atoms with Crippen molar-refractivity contribution >= 4 is 21.6 Å². The van der Waals surface area contributed by atoms with E-state index in [1.54, 1.807) is 4.90 Å². The van der Waals surface area contributed by atoms with E-state index in [0.29, 0.717) is 0 Å². The van der Waals surface area contributed by atoms with Crippen molar-refractivity contribution < 1.29 is 26.4 Å². The first-order valence-electron chi connectivity index (χ1n) is 10.3. The van der Waals surface area contributed by atoms with E-state index in [2.05, 4.69) is 5.32 Å². The van der Waals surface area contributed by atoms with Crippen molar-refractivity contribution in [2.45, 2.75) is 31.3 Å². The molecule has 0 bridgehead atoms. The zero-order valence-electron chi connectivity index (χ0n) is 17.9. The SMILES string of the molecule is CCc1cccc(C)c1NC(=O)CN1CCN(S(=O)(=O)c2ccccc2C(F)(F)F)CC1. The van der Waals surface area contributed by atoms with Gasteiger partial charge in [-0.2, -0.15) is 17.5 Å². The number of alkyl halides is 3. The van der Waals surface area contributed by atoms with E-state index in [0.717, 1.165) is 45.7 Å². The van der Waals surface area contributed by atoms with Gasteiger partial charge in [0.05, 0.1) is 17.0 Å². The summed E-state index contributed by atoms with van der Waals surface area (Å²) in [6, 6.07) is 9.98. The van der Waals surface area contributed by atoms with Crippen LogP contribution in [0.3, 0.4) is 0 Å². The third kappa shape index (κ3) is 5.31. The van der Waals surface area contributed by atoms with Crippen molar-refractivity contribution in [3.8, 4) is 0 Å². The average molecular weight is 470 g/mol. The molecule has 2 aromatic carbocycles. The lowest BCUT2D eigenvalue weighted by atomic mass is 10.1. The average Bonchev–Trinajstić information content (AvgIpc) is 2.75. The number of nitrogens with zero attached hydrogens (tertiary/aromatic N) is 2. The van der Waals surface area contributed by atoms with Crippen molar-refractivity contribution in [1.82, 2.24) is 9.21 Å². The van der Waals surface area contributed by atoms with Gasteiger partial charge in [0.15, 0.2) is 0 Å². The quantitative estimate of drug-likeness (QED) is 0.703. The number of rotatable bonds is 6. The van der Waals surface area contributed by atoms with Crippen LogP contribution in [0.2, 0.25) is 0 Å². The van der Waals surface area contributed by atoms with Gasteiger partial charge in [0.1, 0.15) is 0 Å². The summed E-state index contributed by atoms with van der Waals surface area (Å²) >= 11 is 0. The topological polar surface area (TPSA) is 69.7 Å². The zero-order chi connectivity index (χ0) is 23.5. The van der Waals surface area contributed by atoms with E-state index in [-0.39, 0.29) is 38.6 Å². The van der Waals surface area contributed by atoms with Crippen molar-refractivity contribution in [1.29, 1.82) is 0 Å². The lowest BCUT2D eigenvalue weighted by Crippen LogP contribution is -2.50. The first kappa shape index (κ1) is 24.2. The minimum absolute atomic E-state index is 0.00633. The largest absolute Gasteiger partial charge is 0.417 e. The molecular formula is C22H26F3N3O3S. The van der Waals surface area contributed by atoms with Crippen LogP contribution in [0.25, 0.3) is 0 Å². The van der Waals surface area contributed by atoms with Crippen LogP contribution in [0.5, 0.6) is 0 Å². The predicted molar refractivity (Wildman–Crippen MR) is 116 cm³/mol. The Bertz CT molecular complexity index is 1080. The molecule has 1 saturated heterocycles. The van der Waals surface area contributed by atoms with Crippen LogP contribution >= 0.6 is 0 Å². The summed E-state index contributed by atoms with van der Waals surface area (Å²) in [6.07, 6.45) is -4.00. The Kier molecular flexibility index (Phi) is 7.26. The molecule has 1 fully saturated rings. The van der Waals surface area contributed by atoms with E-state index in [9.17, 15) is 26.4 Å². The number of carbonyl (C=O) groups excluding carboxylic acids is 1. The number of aryl methyl sites for hydroxylation is 2. The number of amides is 1. The molecule has 0 aliphatic carbocycles. The van der Waals surface area contributed by atoms with Crippen LogP contribution in [0.15, 0.2) is 47.4 Å². The molecule has 0 aromatic heterocycles. The Balaban J connectivity index is 1.64. The Morgan fingerprint density at radius 2 is 1.69 bits per heavy atom. The normalized spacial score (nSPS) is 16.2. The Labute approximate surface area is 186 Å². The van der Waals surface area contributed by atoms with Crippen molar-refractivity contribution in [2.75, 3.05) is 38.0 Å². The second-order valence-corrected chi connectivity index (χ2v) is 9.59. The molecule has 0 unspecified atom stereocenters. The Morgan fingerprint density at radius 3 is 2.31 bits per heavy atom. The smallest absolute Gasteiger partial charge is 0.324 e. The van der Waals surface area contributed by atoms with E-state index >= 15 is 0 Å². The van der Waals surface area contributed by atoms with Crippen LogP contribution < -0.4 is 5.32 Å². The predicted octanol–water partition coefficient (Wildman–Crippen LogP) is 3.52. The van der Waals surface area contributed by atoms with Crippen LogP contribution in [0.4, 0.5) is 18.9 Å². The summed E-state index contributed by atoms with van der Waals surface area (Å²) < 4.78 is 66.6. The fourth-order valence-electron chi connectivity index (χ4n) is 3.78. The first-order valence-corrected chi connectivity index (χ1v) is 11.7. The van der Waals surface area contributed by atoms with Crippen LogP contribution in [0.1, 0.15) is 23.6 Å². The number of hydrogen-bond acceptors (Lipinski definition) is 4. The standard InChI is InChI=1S/C22H26F3N3O3S/c1-3-17-8-6-7-16(2)21(17)26-20(29)15-27-11-13-28(14-12-27)32(30,31)19-10-5-4-9-18(19)22(23,24)25/h4-10H,3,11-15H2,1-2H3,(H,26,29). The third-order valence-electron chi connectivity index (χ3n) is 5.51. The van der Waals surface area contributed by atoms with Crippen LogP contribution in [-0.2, 0) is 27.4 Å². The molecule has 174 valence electrons. The highest BCUT2D eigenvalue weighted by Gasteiger charge is 2.39. The number of carbonyl (C=O) groups is 1. The monoisotopic (exact) mass is 469 g/mol. The highest BCUT2D eigenvalue weighted by atomic mass is 32.2. The van der Waals surface area contributed by atoms with Crippen LogP contribution in [0, 0.1) is 6.92 Å². The molecular weight excluding hydrogens is 443 g/mol. The molecule has 1 amide bonds. The second kappa shape index (κ2) is 9.60. The minimum atomic E-state index is -4.77. The van der Waals surface area contributed by atoms with Crippen molar-refractivity contribution in [2.24, 2.45) is 0 Å². The van der Waals surface area contributed by atoms with Gasteiger partial charge in [-0.25, -0.2) is 8.42 Å². The maximum Gasteiger partial charge on any atom is 0.417 e. The fourth-order valence-corrected chi connectivity index (χ4v) is 5.41. The Hall–Kier alpha value is -2.43. The minimum Gasteiger partial charge on any atom is -0.324 e. The number of benzene rings is 2. The number of piperazine rings is 1. The lowest BCUT2D eigenvalue weighted by molar-refractivity contribution is -0.140. The summed E-state index contributed by atoms with van der Waals surface area (Å²) in [7, 11) is -4.30. The number of hydrogen-bond donors (Lipinski definition) is 1. The van der Waals surface area contributed by atoms with Crippen molar-refractivity contribution in [3.05, 3.63) is 59.2 Å². The van der Waals surface area contributed by atoms with E-state index in [4.69, 9.17) is 0 Å². The van der Waals surface area contributed by atoms with Crippen LogP contribution in [-0.4, -0.2) is 56.3 Å². The molecule has 10 heteroatoms. The second-order valence-electron chi connectivity index (χ2n) is 7.68. The molecule has 0 radical (unpaired) electrons. The first-order chi connectivity index (χ1) is 15.0. The number of nitrogens with one attached hydrogen (secondary N) is 1. The molecule has 1 aliphatic heterocycles. The molecule has 0 atom stereocenters. The molecule has 0 spiro atoms. The van der Waals surface area contributed by atoms with E-state index in [1.165, 1.54) is 6.07 Å². The number of sulfonamides is 1. The Morgan fingerprint density at radius 1 is 1.03 bits per heavy atom. The summed E-state index contributed by atoms with van der Waals surface area (Å²) in [6.45, 7) is 4.49. The van der Waals surface area contributed by atoms with Gasteiger partial charge in [0, 0.05) is 31.9 Å². The zero-order valence-corrected chi connectivity index (χ0v) is 18.8. The highest BCUT2D eigenvalue weighted by Crippen LogP contribution is 2.35. The van der Waals surface area contributed by atoms with E-state index < -0.39 is 26.7 Å². The van der Waals surface area contributed by atoms with Gasteiger partial charge < -0.3 is 5.32 Å². The molecule has 1 aliphatic rings. The van der Waals surface area contributed by atoms with Crippen molar-refractivity contribution in [3.63, 3.8) is 0 Å². The summed E-state index contributed by atoms with van der Waals surface area (Å²) in [5, 5.41) is 2.93. The molecule has 0 saturated carbocycles. The summed E-state index contributed by atoms with van der Waals surface area (Å²) in [4.78, 5) is 13.6. The lowest BCUT2D eigenvalue weighted by Gasteiger charge is -2.34. The number of para-hydroxylation sites is 1. The maximum absolute atomic E-state index is 13.3. The number of halogens is 3. The van der Waals surface area contributed by atoms with Gasteiger partial charge in [0.2, 0.25) is 15.9 Å². The van der Waals surface area contributed by atoms with Gasteiger partial charge in [-0.15, -0.1) is 0 Å². The summed E-state index contributed by atoms with van der Waals surface area (Å²) in [5.74, 6) is -0.215. The van der Waals surface area contributed by atoms with Gasteiger partial charge >= 0.3 is 6.18 Å². The van der Waals surface area contributed by atoms with Gasteiger partial charge in [-0.1, -0.05) is 37.3 Å². The van der Waals surface area contributed by atoms with Gasteiger partial charge in [0.25, 0.3) is 0 Å². The van der Waals surface area contributed by atoms with Gasteiger partial charge in [-0.3, -0.25) is 9.69 Å². The third-order valence-corrected chi connectivity index (χ3v) is 7.47. The van der Waals surface area contributed by atoms with Gasteiger partial charge in [-0.05, 0) is 36.6 Å². The maximum atomic E-state index is 13.3. The molecule has 32 heavy (non-hydrogen) atoms. The number of anilines is 1. The molecule has 6 nitrogen and oxygen atoms in total. The molecule has 1 heterocycles. The molecule has 3 rings (SSSR count). The molecule has 2 aromatic rings.